The van der Waals surface area contributed by atoms with Crippen LogP contribution in [0, 0.1) is 0 Å². The average molecular weight is 381 g/mol. The van der Waals surface area contributed by atoms with Gasteiger partial charge >= 0.3 is 0 Å². The van der Waals surface area contributed by atoms with Crippen molar-refractivity contribution in [2.75, 3.05) is 51.3 Å². The molecule has 1 atom stereocenters. The number of hydrogen-bond acceptors (Lipinski definition) is 7. The van der Waals surface area contributed by atoms with Gasteiger partial charge in [0.1, 0.15) is 12.8 Å². The van der Waals surface area contributed by atoms with Crippen LogP contribution in [0.1, 0.15) is 36.1 Å². The second-order valence-electron chi connectivity index (χ2n) is 8.31. The van der Waals surface area contributed by atoms with Crippen molar-refractivity contribution in [1.82, 2.24) is 20.5 Å². The lowest BCUT2D eigenvalue weighted by Crippen LogP contribution is -2.43. The number of nitrogens with zero attached hydrogens (tertiary/aromatic N) is 2. The van der Waals surface area contributed by atoms with Gasteiger partial charge in [-0.2, -0.15) is 0 Å². The number of anilines is 1. The molecule has 0 aromatic carbocycles. The van der Waals surface area contributed by atoms with Gasteiger partial charge in [-0.3, -0.25) is 4.98 Å². The monoisotopic (exact) mass is 381 g/mol. The Kier molecular flexibility index (Phi) is 3.97. The first-order valence-electron chi connectivity index (χ1n) is 10.5. The van der Waals surface area contributed by atoms with Gasteiger partial charge in [0.05, 0.1) is 24.6 Å². The second kappa shape index (κ2) is 6.67. The molecule has 1 saturated carbocycles. The summed E-state index contributed by atoms with van der Waals surface area (Å²) in [6.45, 7) is 6.05. The smallest absolute Gasteiger partial charge is 0.164 e. The Labute approximate surface area is 165 Å². The Morgan fingerprint density at radius 1 is 1.11 bits per heavy atom. The van der Waals surface area contributed by atoms with E-state index in [0.717, 1.165) is 56.5 Å². The van der Waals surface area contributed by atoms with E-state index in [-0.39, 0.29) is 6.17 Å². The lowest BCUT2D eigenvalue weighted by Gasteiger charge is -2.35. The molecule has 0 bridgehead atoms. The zero-order valence-corrected chi connectivity index (χ0v) is 16.0. The van der Waals surface area contributed by atoms with Gasteiger partial charge in [0, 0.05) is 61.2 Å². The first-order chi connectivity index (χ1) is 13.9. The molecule has 28 heavy (non-hydrogen) atoms. The predicted molar refractivity (Wildman–Crippen MR) is 106 cm³/mol. The zero-order chi connectivity index (χ0) is 18.5. The zero-order valence-electron chi connectivity index (χ0n) is 16.0. The van der Waals surface area contributed by atoms with Crippen molar-refractivity contribution in [2.24, 2.45) is 0 Å². The van der Waals surface area contributed by atoms with Crippen molar-refractivity contribution in [3.8, 4) is 5.75 Å². The highest BCUT2D eigenvalue weighted by Crippen LogP contribution is 2.47. The van der Waals surface area contributed by atoms with Crippen LogP contribution in [0.25, 0.3) is 0 Å². The van der Waals surface area contributed by atoms with E-state index >= 15 is 0 Å². The normalized spacial score (nSPS) is 27.0. The summed E-state index contributed by atoms with van der Waals surface area (Å²) >= 11 is 0. The standard InChI is InChI=1S/C21H27N5O2/c1-2-13(1)19-20-17(9-16(24-19)14-10-22-11-14)25-21-15(12-28-20)18(3-4-23-21)26-5-7-27-8-6-26/h3-4,9,13-14,21-23,25H,1-2,5-8,10-12H2. The van der Waals surface area contributed by atoms with Crippen LogP contribution in [0.3, 0.4) is 0 Å². The summed E-state index contributed by atoms with van der Waals surface area (Å²) in [5, 5.41) is 10.6. The molecule has 0 spiro atoms. The molecule has 7 nitrogen and oxygen atoms in total. The highest BCUT2D eigenvalue weighted by molar-refractivity contribution is 5.64. The van der Waals surface area contributed by atoms with Gasteiger partial charge in [-0.25, -0.2) is 0 Å². The molecule has 4 aliphatic heterocycles. The van der Waals surface area contributed by atoms with Gasteiger partial charge in [0.25, 0.3) is 0 Å². The molecule has 0 amide bonds. The Hall–Kier alpha value is -2.25. The van der Waals surface area contributed by atoms with Crippen LogP contribution in [0.15, 0.2) is 29.6 Å². The van der Waals surface area contributed by atoms with Crippen LogP contribution in [-0.2, 0) is 4.74 Å². The predicted octanol–water partition coefficient (Wildman–Crippen LogP) is 1.48. The van der Waals surface area contributed by atoms with Gasteiger partial charge in [-0.15, -0.1) is 0 Å². The molecule has 1 aromatic rings. The van der Waals surface area contributed by atoms with E-state index in [2.05, 4.69) is 39.2 Å². The maximum absolute atomic E-state index is 6.43. The minimum atomic E-state index is 0.0471. The fraction of sp³-hybridized carbons (Fsp3) is 0.571. The molecule has 148 valence electrons. The van der Waals surface area contributed by atoms with Gasteiger partial charge in [-0.1, -0.05) is 0 Å². The minimum Gasteiger partial charge on any atom is -0.485 e. The molecular formula is C21H27N5O2. The van der Waals surface area contributed by atoms with Crippen molar-refractivity contribution >= 4 is 5.69 Å². The maximum Gasteiger partial charge on any atom is 0.164 e. The van der Waals surface area contributed by atoms with E-state index in [0.29, 0.717) is 18.4 Å². The molecule has 3 fully saturated rings. The van der Waals surface area contributed by atoms with E-state index < -0.39 is 0 Å². The van der Waals surface area contributed by atoms with E-state index in [4.69, 9.17) is 14.5 Å². The van der Waals surface area contributed by atoms with Crippen molar-refractivity contribution in [3.63, 3.8) is 0 Å². The van der Waals surface area contributed by atoms with Crippen LogP contribution in [-0.4, -0.2) is 62.0 Å². The summed E-state index contributed by atoms with van der Waals surface area (Å²) in [6, 6.07) is 2.21. The maximum atomic E-state index is 6.43. The number of dihydropyridines is 1. The van der Waals surface area contributed by atoms with Gasteiger partial charge in [-0.05, 0) is 25.0 Å². The fourth-order valence-corrected chi connectivity index (χ4v) is 4.46. The Morgan fingerprint density at radius 2 is 1.96 bits per heavy atom. The van der Waals surface area contributed by atoms with Crippen molar-refractivity contribution in [2.45, 2.75) is 30.8 Å². The second-order valence-corrected chi connectivity index (χ2v) is 8.31. The third-order valence-corrected chi connectivity index (χ3v) is 6.39. The number of morpholine rings is 1. The summed E-state index contributed by atoms with van der Waals surface area (Å²) < 4.78 is 12.0. The first-order valence-corrected chi connectivity index (χ1v) is 10.5. The van der Waals surface area contributed by atoms with Crippen LogP contribution >= 0.6 is 0 Å². The number of allylic oxidation sites excluding steroid dienone is 1. The van der Waals surface area contributed by atoms with Crippen LogP contribution < -0.4 is 20.7 Å². The highest BCUT2D eigenvalue weighted by atomic mass is 16.5. The SMILES string of the molecule is C1=CC(N2CCOCC2)=C2COc3c(cc(C4CNC4)nc3C3CC3)NC2N1. The van der Waals surface area contributed by atoms with Crippen LogP contribution in [0.2, 0.25) is 0 Å². The largest absolute Gasteiger partial charge is 0.485 e. The lowest BCUT2D eigenvalue weighted by atomic mass is 9.97. The van der Waals surface area contributed by atoms with E-state index in [1.165, 1.54) is 29.8 Å². The van der Waals surface area contributed by atoms with Gasteiger partial charge in [0.15, 0.2) is 5.75 Å². The molecule has 7 heteroatoms. The first kappa shape index (κ1) is 16.7. The summed E-state index contributed by atoms with van der Waals surface area (Å²) in [5.41, 5.74) is 5.96. The van der Waals surface area contributed by atoms with Crippen LogP contribution in [0.4, 0.5) is 5.69 Å². The molecule has 0 radical (unpaired) electrons. The van der Waals surface area contributed by atoms with Gasteiger partial charge < -0.3 is 30.3 Å². The quantitative estimate of drug-likeness (QED) is 0.733. The average Bonchev–Trinajstić information content (AvgIpc) is 3.52. The fourth-order valence-electron chi connectivity index (χ4n) is 4.46. The summed E-state index contributed by atoms with van der Waals surface area (Å²) in [5.74, 6) is 2.04. The third-order valence-electron chi connectivity index (χ3n) is 6.39. The topological polar surface area (TPSA) is 70.7 Å². The number of ether oxygens (including phenoxy) is 2. The molecule has 3 N–H and O–H groups in total. The minimum absolute atomic E-state index is 0.0471. The van der Waals surface area contributed by atoms with Crippen molar-refractivity contribution < 1.29 is 9.47 Å². The Balaban J connectivity index is 1.37. The molecule has 1 aromatic heterocycles. The Morgan fingerprint density at radius 3 is 2.71 bits per heavy atom. The summed E-state index contributed by atoms with van der Waals surface area (Å²) in [7, 11) is 0. The number of hydrogen-bond donors (Lipinski definition) is 3. The summed E-state index contributed by atoms with van der Waals surface area (Å²) in [6.07, 6.45) is 6.71. The molecule has 5 aliphatic rings. The number of fused-ring (bicyclic) bond motifs is 2. The number of nitrogens with one attached hydrogen (secondary N) is 3. The van der Waals surface area contributed by atoms with Crippen molar-refractivity contribution in [1.29, 1.82) is 0 Å². The molecule has 2 saturated heterocycles. The van der Waals surface area contributed by atoms with Crippen molar-refractivity contribution in [3.05, 3.63) is 41.0 Å². The molecular weight excluding hydrogens is 354 g/mol. The Bertz CT molecular complexity index is 837. The summed E-state index contributed by atoms with van der Waals surface area (Å²) in [4.78, 5) is 7.47. The lowest BCUT2D eigenvalue weighted by molar-refractivity contribution is 0.0542. The molecule has 6 rings (SSSR count). The number of aromatic nitrogens is 1. The third kappa shape index (κ3) is 2.84. The number of pyridine rings is 1. The van der Waals surface area contributed by atoms with Crippen LogP contribution in [0.5, 0.6) is 5.75 Å². The van der Waals surface area contributed by atoms with E-state index in [9.17, 15) is 0 Å². The van der Waals surface area contributed by atoms with Gasteiger partial charge in [0.2, 0.25) is 0 Å². The van der Waals surface area contributed by atoms with E-state index in [1.807, 2.05) is 0 Å². The molecule has 1 unspecified atom stereocenters. The number of rotatable bonds is 3. The molecule has 1 aliphatic carbocycles. The highest BCUT2D eigenvalue weighted by Gasteiger charge is 2.35. The van der Waals surface area contributed by atoms with E-state index in [1.54, 1.807) is 0 Å². The molecule has 5 heterocycles.